The second kappa shape index (κ2) is 11.4. The molecule has 0 N–H and O–H groups in total. The van der Waals surface area contributed by atoms with E-state index in [9.17, 15) is 8.42 Å². The van der Waals surface area contributed by atoms with Crippen LogP contribution >= 0.6 is 0 Å². The summed E-state index contributed by atoms with van der Waals surface area (Å²) in [5.74, 6) is 2.36. The number of fused-ring (bicyclic) bond motifs is 1. The Kier molecular flexibility index (Phi) is 8.07. The van der Waals surface area contributed by atoms with Crippen LogP contribution in [0.2, 0.25) is 0 Å². The van der Waals surface area contributed by atoms with Gasteiger partial charge in [0.15, 0.2) is 0 Å². The van der Waals surface area contributed by atoms with Crippen molar-refractivity contribution in [1.82, 2.24) is 29.4 Å². The van der Waals surface area contributed by atoms with Crippen molar-refractivity contribution in [2.24, 2.45) is 5.92 Å². The molecule has 0 amide bonds. The van der Waals surface area contributed by atoms with E-state index < -0.39 is 10.0 Å². The van der Waals surface area contributed by atoms with Crippen LogP contribution in [0.15, 0.2) is 18.2 Å². The van der Waals surface area contributed by atoms with E-state index in [1.54, 1.807) is 4.80 Å². The number of anilines is 1. The molecule has 0 spiro atoms. The van der Waals surface area contributed by atoms with E-state index in [1.807, 2.05) is 12.1 Å². The molecule has 0 aliphatic carbocycles. The summed E-state index contributed by atoms with van der Waals surface area (Å²) in [6, 6.07) is 6.06. The fourth-order valence-corrected chi connectivity index (χ4v) is 6.35. The lowest BCUT2D eigenvalue weighted by Gasteiger charge is -2.30. The maximum atomic E-state index is 11.8. The van der Waals surface area contributed by atoms with Gasteiger partial charge in [0.05, 0.1) is 19.4 Å². The van der Waals surface area contributed by atoms with Crippen LogP contribution in [-0.2, 0) is 29.5 Å². The third kappa shape index (κ3) is 6.54. The molecule has 3 aliphatic heterocycles. The average Bonchev–Trinajstić information content (AvgIpc) is 3.57. The highest BCUT2D eigenvalue weighted by Gasteiger charge is 2.24. The molecule has 0 atom stereocenters. The monoisotopic (exact) mass is 517 g/mol. The molecule has 2 saturated heterocycles. The van der Waals surface area contributed by atoms with E-state index in [0.29, 0.717) is 25.6 Å². The molecule has 2 fully saturated rings. The summed E-state index contributed by atoms with van der Waals surface area (Å²) in [6.45, 7) is 7.88. The van der Waals surface area contributed by atoms with Crippen LogP contribution in [0.1, 0.15) is 49.7 Å². The lowest BCUT2D eigenvalue weighted by Crippen LogP contribution is -2.35. The van der Waals surface area contributed by atoms with E-state index in [-0.39, 0.29) is 0 Å². The van der Waals surface area contributed by atoms with Crippen molar-refractivity contribution in [1.29, 1.82) is 0 Å². The Hall–Kier alpha value is -2.24. The van der Waals surface area contributed by atoms with Crippen molar-refractivity contribution >= 4 is 16.0 Å². The van der Waals surface area contributed by atoms with Gasteiger partial charge in [0.1, 0.15) is 5.75 Å². The Morgan fingerprint density at radius 1 is 1.03 bits per heavy atom. The molecule has 0 bridgehead atoms. The van der Waals surface area contributed by atoms with Crippen molar-refractivity contribution in [3.8, 4) is 5.75 Å². The van der Waals surface area contributed by atoms with Gasteiger partial charge in [0.2, 0.25) is 10.0 Å². The molecule has 4 heterocycles. The predicted molar refractivity (Wildman–Crippen MR) is 139 cm³/mol. The quantitative estimate of drug-likeness (QED) is 0.443. The summed E-state index contributed by atoms with van der Waals surface area (Å²) < 4.78 is 31.2. The molecular formula is C25H39N7O3S. The van der Waals surface area contributed by atoms with Gasteiger partial charge in [-0.15, -0.1) is 5.10 Å². The normalized spacial score (nSPS) is 20.1. The van der Waals surface area contributed by atoms with Crippen LogP contribution in [-0.4, -0.2) is 90.0 Å². The lowest BCUT2D eigenvalue weighted by atomic mass is 9.92. The zero-order chi connectivity index (χ0) is 25.0. The molecule has 0 saturated carbocycles. The molecule has 2 aromatic rings. The zero-order valence-electron chi connectivity index (χ0n) is 21.4. The van der Waals surface area contributed by atoms with Gasteiger partial charge in [-0.1, -0.05) is 11.2 Å². The SMILES string of the molecule is CS(=O)(=O)N1CCc2cc(OCCCC3CCN(c4nnn(CCN5CCCC5)n4)CC3)ccc2C1. The van der Waals surface area contributed by atoms with E-state index in [1.165, 1.54) is 42.1 Å². The van der Waals surface area contributed by atoms with Gasteiger partial charge in [0, 0.05) is 32.7 Å². The highest BCUT2D eigenvalue weighted by molar-refractivity contribution is 7.88. The van der Waals surface area contributed by atoms with Crippen LogP contribution in [0, 0.1) is 5.92 Å². The first-order valence-electron chi connectivity index (χ1n) is 13.4. The highest BCUT2D eigenvalue weighted by atomic mass is 32.2. The number of sulfonamides is 1. The Morgan fingerprint density at radius 2 is 1.83 bits per heavy atom. The largest absolute Gasteiger partial charge is 0.494 e. The van der Waals surface area contributed by atoms with Crippen molar-refractivity contribution in [2.75, 3.05) is 57.0 Å². The molecular weight excluding hydrogens is 478 g/mol. The average molecular weight is 518 g/mol. The fourth-order valence-electron chi connectivity index (χ4n) is 5.55. The second-order valence-corrected chi connectivity index (χ2v) is 12.4. The second-order valence-electron chi connectivity index (χ2n) is 10.4. The number of piperidine rings is 1. The Bertz CT molecular complexity index is 1110. The highest BCUT2D eigenvalue weighted by Crippen LogP contribution is 2.27. The molecule has 36 heavy (non-hydrogen) atoms. The van der Waals surface area contributed by atoms with Crippen LogP contribution < -0.4 is 9.64 Å². The number of hydrogen-bond donors (Lipinski definition) is 0. The third-order valence-corrected chi connectivity index (χ3v) is 9.05. The summed E-state index contributed by atoms with van der Waals surface area (Å²) in [7, 11) is -3.14. The van der Waals surface area contributed by atoms with Crippen LogP contribution in [0.5, 0.6) is 5.75 Å². The minimum absolute atomic E-state index is 0.456. The van der Waals surface area contributed by atoms with Gasteiger partial charge in [-0.25, -0.2) is 8.42 Å². The van der Waals surface area contributed by atoms with Crippen LogP contribution in [0.3, 0.4) is 0 Å². The summed E-state index contributed by atoms with van der Waals surface area (Å²) in [5.41, 5.74) is 2.27. The van der Waals surface area contributed by atoms with E-state index in [0.717, 1.165) is 75.5 Å². The van der Waals surface area contributed by atoms with E-state index >= 15 is 0 Å². The standard InChI is InChI=1S/C25H39N7O3S/c1-36(33,34)31-15-10-22-19-24(7-6-23(22)20-31)35-18-4-5-21-8-13-30(14-9-21)25-26-28-32(27-25)17-16-29-11-2-3-12-29/h6-7,19,21H,2-5,8-18,20H2,1H3. The van der Waals surface area contributed by atoms with Crippen molar-refractivity contribution in [3.05, 3.63) is 29.3 Å². The molecule has 198 valence electrons. The molecule has 3 aliphatic rings. The number of hydrogen-bond acceptors (Lipinski definition) is 8. The number of likely N-dealkylation sites (tertiary alicyclic amines) is 1. The molecule has 1 aromatic carbocycles. The number of aromatic nitrogens is 4. The minimum atomic E-state index is -3.14. The third-order valence-electron chi connectivity index (χ3n) is 7.80. The summed E-state index contributed by atoms with van der Waals surface area (Å²) in [6.07, 6.45) is 9.12. The summed E-state index contributed by atoms with van der Waals surface area (Å²) >= 11 is 0. The number of tetrazole rings is 1. The van der Waals surface area contributed by atoms with Crippen LogP contribution in [0.4, 0.5) is 5.95 Å². The van der Waals surface area contributed by atoms with Gasteiger partial charge < -0.3 is 14.5 Å². The number of ether oxygens (including phenoxy) is 1. The zero-order valence-corrected chi connectivity index (χ0v) is 22.2. The minimum Gasteiger partial charge on any atom is -0.494 e. The molecule has 0 unspecified atom stereocenters. The van der Waals surface area contributed by atoms with Gasteiger partial charge in [-0.2, -0.15) is 9.10 Å². The van der Waals surface area contributed by atoms with Crippen molar-refractivity contribution in [2.45, 2.75) is 58.0 Å². The molecule has 1 aromatic heterocycles. The Labute approximate surface area is 214 Å². The smallest absolute Gasteiger partial charge is 0.266 e. The van der Waals surface area contributed by atoms with E-state index in [4.69, 9.17) is 4.74 Å². The maximum Gasteiger partial charge on any atom is 0.266 e. The number of nitrogens with zero attached hydrogens (tertiary/aromatic N) is 7. The first-order valence-corrected chi connectivity index (χ1v) is 15.2. The van der Waals surface area contributed by atoms with Gasteiger partial charge >= 0.3 is 0 Å². The van der Waals surface area contributed by atoms with Crippen molar-refractivity contribution < 1.29 is 13.2 Å². The fraction of sp³-hybridized carbons (Fsp3) is 0.720. The number of rotatable bonds is 10. The molecule has 5 rings (SSSR count). The topological polar surface area (TPSA) is 96.7 Å². The first-order chi connectivity index (χ1) is 17.4. The molecule has 11 heteroatoms. The van der Waals surface area contributed by atoms with E-state index in [2.05, 4.69) is 31.3 Å². The lowest BCUT2D eigenvalue weighted by molar-refractivity contribution is 0.278. The Morgan fingerprint density at radius 3 is 2.61 bits per heavy atom. The molecule has 0 radical (unpaired) electrons. The summed E-state index contributed by atoms with van der Waals surface area (Å²) in [4.78, 5) is 6.49. The van der Waals surface area contributed by atoms with Gasteiger partial charge in [0.25, 0.3) is 5.95 Å². The maximum absolute atomic E-state index is 11.8. The Balaban J connectivity index is 0.995. The first kappa shape index (κ1) is 25.4. The summed E-state index contributed by atoms with van der Waals surface area (Å²) in [5, 5.41) is 13.2. The molecule has 10 nitrogen and oxygen atoms in total. The number of benzene rings is 1. The predicted octanol–water partition coefficient (Wildman–Crippen LogP) is 2.16. The van der Waals surface area contributed by atoms with Gasteiger partial charge in [-0.3, -0.25) is 0 Å². The van der Waals surface area contributed by atoms with Crippen LogP contribution in [0.25, 0.3) is 0 Å². The van der Waals surface area contributed by atoms with Gasteiger partial charge in [-0.05, 0) is 92.4 Å². The van der Waals surface area contributed by atoms with Crippen molar-refractivity contribution in [3.63, 3.8) is 0 Å².